The minimum atomic E-state index is -0.488. The monoisotopic (exact) mass is 537 g/mol. The molecule has 0 aliphatic carbocycles. The lowest BCUT2D eigenvalue weighted by Gasteiger charge is -2.11. The first-order chi connectivity index (χ1) is 19.0. The maximum absolute atomic E-state index is 13.2. The van der Waals surface area contributed by atoms with Gasteiger partial charge < -0.3 is 14.5 Å². The van der Waals surface area contributed by atoms with Crippen LogP contribution in [0.15, 0.2) is 102 Å². The summed E-state index contributed by atoms with van der Waals surface area (Å²) in [5, 5.41) is 5.56. The molecule has 0 radical (unpaired) electrons. The number of aromatic nitrogens is 1. The van der Waals surface area contributed by atoms with Crippen molar-refractivity contribution in [2.24, 2.45) is 5.10 Å². The predicted molar refractivity (Wildman–Crippen MR) is 153 cm³/mol. The number of amides is 1. The van der Waals surface area contributed by atoms with Gasteiger partial charge in [0.2, 0.25) is 0 Å². The fourth-order valence-corrected chi connectivity index (χ4v) is 4.40. The van der Waals surface area contributed by atoms with E-state index in [2.05, 4.69) is 15.5 Å². The van der Waals surface area contributed by atoms with Crippen LogP contribution in [0.3, 0.4) is 0 Å². The van der Waals surface area contributed by atoms with Gasteiger partial charge in [0.1, 0.15) is 5.69 Å². The molecule has 0 fully saturated rings. The molecule has 0 saturated carbocycles. The number of halogens is 1. The highest BCUT2D eigenvalue weighted by Crippen LogP contribution is 2.36. The Labute approximate surface area is 230 Å². The quantitative estimate of drug-likeness (QED) is 0.0977. The lowest BCUT2D eigenvalue weighted by atomic mass is 10.0. The molecule has 1 aromatic heterocycles. The zero-order valence-corrected chi connectivity index (χ0v) is 21.7. The van der Waals surface area contributed by atoms with E-state index in [0.717, 1.165) is 16.5 Å². The van der Waals surface area contributed by atoms with E-state index < -0.39 is 11.9 Å². The predicted octanol–water partition coefficient (Wildman–Crippen LogP) is 6.87. The smallest absolute Gasteiger partial charge is 0.343 e. The van der Waals surface area contributed by atoms with E-state index in [1.807, 2.05) is 55.5 Å². The Morgan fingerprint density at radius 2 is 1.67 bits per heavy atom. The fraction of sp³-hybridized carbons (Fsp3) is 0.0645. The minimum Gasteiger partial charge on any atom is -0.490 e. The zero-order chi connectivity index (χ0) is 27.2. The van der Waals surface area contributed by atoms with Crippen LogP contribution in [-0.2, 0) is 0 Å². The molecule has 39 heavy (non-hydrogen) atoms. The molecule has 1 amide bonds. The third kappa shape index (κ3) is 5.68. The summed E-state index contributed by atoms with van der Waals surface area (Å²) in [5.41, 5.74) is 6.26. The normalized spacial score (nSPS) is 11.0. The van der Waals surface area contributed by atoms with Gasteiger partial charge in [0, 0.05) is 27.1 Å². The summed E-state index contributed by atoms with van der Waals surface area (Å²) in [6.45, 7) is 2.21. The van der Waals surface area contributed by atoms with Crippen molar-refractivity contribution < 1.29 is 19.1 Å². The van der Waals surface area contributed by atoms with Crippen molar-refractivity contribution in [1.82, 2.24) is 10.4 Å². The number of hydrogen-bond acceptors (Lipinski definition) is 5. The van der Waals surface area contributed by atoms with E-state index in [1.54, 1.807) is 48.5 Å². The first kappa shape index (κ1) is 25.8. The number of hydrogen-bond donors (Lipinski definition) is 2. The Morgan fingerprint density at radius 1 is 0.923 bits per heavy atom. The fourth-order valence-electron chi connectivity index (χ4n) is 4.17. The number of esters is 1. The molecule has 0 saturated heterocycles. The Bertz CT molecular complexity index is 1680. The molecule has 0 unspecified atom stereocenters. The number of ether oxygens (including phenoxy) is 2. The number of H-pyrrole nitrogens is 1. The maximum atomic E-state index is 13.2. The number of benzene rings is 4. The van der Waals surface area contributed by atoms with Crippen molar-refractivity contribution >= 4 is 40.6 Å². The van der Waals surface area contributed by atoms with Crippen LogP contribution in [0.5, 0.6) is 11.5 Å². The van der Waals surface area contributed by atoms with Crippen LogP contribution in [0.25, 0.3) is 22.0 Å². The second-order valence-corrected chi connectivity index (χ2v) is 8.90. The number of para-hydroxylation sites is 1. The first-order valence-corrected chi connectivity index (χ1v) is 12.7. The molecule has 5 aromatic rings. The van der Waals surface area contributed by atoms with Gasteiger partial charge in [0.25, 0.3) is 5.91 Å². The Balaban J connectivity index is 1.37. The van der Waals surface area contributed by atoms with E-state index in [9.17, 15) is 9.59 Å². The highest BCUT2D eigenvalue weighted by atomic mass is 35.5. The van der Waals surface area contributed by atoms with Crippen molar-refractivity contribution in [3.63, 3.8) is 0 Å². The van der Waals surface area contributed by atoms with Gasteiger partial charge in [-0.25, -0.2) is 10.2 Å². The summed E-state index contributed by atoms with van der Waals surface area (Å²) < 4.78 is 11.2. The number of carbonyl (C=O) groups is 2. The van der Waals surface area contributed by atoms with Crippen molar-refractivity contribution in [1.29, 1.82) is 0 Å². The lowest BCUT2D eigenvalue weighted by Crippen LogP contribution is -2.19. The molecule has 0 aliphatic heterocycles. The number of hydrazone groups is 1. The van der Waals surface area contributed by atoms with Gasteiger partial charge in [-0.3, -0.25) is 4.79 Å². The summed E-state index contributed by atoms with van der Waals surface area (Å²) in [4.78, 5) is 28.9. The second kappa shape index (κ2) is 11.7. The summed E-state index contributed by atoms with van der Waals surface area (Å²) in [5.74, 6) is -0.239. The SMILES string of the molecule is CCOc1cc(C=NNC(=O)c2[nH]c3ccccc3c2-c2ccccc2Cl)ccc1OC(=O)c1ccccc1. The standard InChI is InChI=1S/C31H24ClN3O4/c1-2-38-27-18-20(16-17-26(27)39-31(37)21-10-4-3-5-11-21)19-33-35-30(36)29-28(22-12-6-8-14-24(22)32)23-13-7-9-15-25(23)34-29/h3-19,34H,2H2,1H3,(H,35,36). The second-order valence-electron chi connectivity index (χ2n) is 8.49. The van der Waals surface area contributed by atoms with Crippen molar-refractivity contribution in [3.8, 4) is 22.6 Å². The third-order valence-corrected chi connectivity index (χ3v) is 6.27. The molecule has 8 heteroatoms. The van der Waals surface area contributed by atoms with Gasteiger partial charge in [0.05, 0.1) is 18.4 Å². The van der Waals surface area contributed by atoms with Crippen LogP contribution >= 0.6 is 11.6 Å². The minimum absolute atomic E-state index is 0.286. The number of aromatic amines is 1. The van der Waals surface area contributed by atoms with Gasteiger partial charge in [-0.05, 0) is 55.0 Å². The van der Waals surface area contributed by atoms with Crippen molar-refractivity contribution in [2.75, 3.05) is 6.61 Å². The molecule has 0 spiro atoms. The topological polar surface area (TPSA) is 92.8 Å². The average molecular weight is 538 g/mol. The average Bonchev–Trinajstić information content (AvgIpc) is 3.35. The Morgan fingerprint density at radius 3 is 2.46 bits per heavy atom. The molecule has 0 aliphatic rings. The van der Waals surface area contributed by atoms with E-state index in [4.69, 9.17) is 21.1 Å². The van der Waals surface area contributed by atoms with E-state index in [0.29, 0.717) is 39.8 Å². The van der Waals surface area contributed by atoms with E-state index >= 15 is 0 Å². The summed E-state index contributed by atoms with van der Waals surface area (Å²) >= 11 is 6.48. The first-order valence-electron chi connectivity index (χ1n) is 12.3. The number of nitrogens with one attached hydrogen (secondary N) is 2. The molecule has 4 aromatic carbocycles. The Kier molecular flexibility index (Phi) is 7.70. The number of rotatable bonds is 8. The highest BCUT2D eigenvalue weighted by molar-refractivity contribution is 6.34. The Hall–Kier alpha value is -4.88. The molecule has 5 rings (SSSR count). The van der Waals surface area contributed by atoms with Crippen LogP contribution in [0.1, 0.15) is 33.3 Å². The molecule has 0 bridgehead atoms. The maximum Gasteiger partial charge on any atom is 0.343 e. The van der Waals surface area contributed by atoms with Gasteiger partial charge in [-0.15, -0.1) is 0 Å². The molecule has 7 nitrogen and oxygen atoms in total. The van der Waals surface area contributed by atoms with Gasteiger partial charge in [0.15, 0.2) is 11.5 Å². The summed E-state index contributed by atoms with van der Waals surface area (Å²) in [7, 11) is 0. The van der Waals surface area contributed by atoms with Crippen LogP contribution in [0.2, 0.25) is 5.02 Å². The van der Waals surface area contributed by atoms with Crippen molar-refractivity contribution in [3.05, 3.63) is 119 Å². The number of nitrogens with zero attached hydrogens (tertiary/aromatic N) is 1. The van der Waals surface area contributed by atoms with Crippen LogP contribution in [-0.4, -0.2) is 29.7 Å². The number of carbonyl (C=O) groups excluding carboxylic acids is 2. The van der Waals surface area contributed by atoms with Crippen molar-refractivity contribution in [2.45, 2.75) is 6.92 Å². The van der Waals surface area contributed by atoms with Crippen LogP contribution in [0, 0.1) is 0 Å². The van der Waals surface area contributed by atoms with Gasteiger partial charge in [-0.2, -0.15) is 5.10 Å². The van der Waals surface area contributed by atoms with Crippen LogP contribution < -0.4 is 14.9 Å². The highest BCUT2D eigenvalue weighted by Gasteiger charge is 2.20. The summed E-state index contributed by atoms with van der Waals surface area (Å²) in [6.07, 6.45) is 1.49. The zero-order valence-electron chi connectivity index (χ0n) is 21.0. The summed E-state index contributed by atoms with van der Waals surface area (Å²) in [6, 6.07) is 28.8. The molecular formula is C31H24ClN3O4. The third-order valence-electron chi connectivity index (χ3n) is 5.94. The van der Waals surface area contributed by atoms with Gasteiger partial charge in [-0.1, -0.05) is 66.2 Å². The molecule has 1 heterocycles. The molecule has 0 atom stereocenters. The van der Waals surface area contributed by atoms with E-state index in [1.165, 1.54) is 6.21 Å². The molecule has 194 valence electrons. The largest absolute Gasteiger partial charge is 0.490 e. The molecule has 2 N–H and O–H groups in total. The molecular weight excluding hydrogens is 514 g/mol. The van der Waals surface area contributed by atoms with Crippen LogP contribution in [0.4, 0.5) is 0 Å². The van der Waals surface area contributed by atoms with Gasteiger partial charge >= 0.3 is 5.97 Å². The number of fused-ring (bicyclic) bond motifs is 1. The lowest BCUT2D eigenvalue weighted by molar-refractivity contribution is 0.0728. The van der Waals surface area contributed by atoms with E-state index in [-0.39, 0.29) is 5.75 Å².